The molecule has 0 aliphatic heterocycles. The summed E-state index contributed by atoms with van der Waals surface area (Å²) in [7, 11) is 0. The molecule has 0 bridgehead atoms. The van der Waals surface area contributed by atoms with Crippen LogP contribution in [0.4, 0.5) is 5.69 Å². The average molecular weight is 365 g/mol. The number of rotatable bonds is 6. The van der Waals surface area contributed by atoms with Crippen LogP contribution in [0.15, 0.2) is 59.4 Å². The smallest absolute Gasteiger partial charge is 0.395 e. The summed E-state index contributed by atoms with van der Waals surface area (Å²) >= 11 is 0. The van der Waals surface area contributed by atoms with E-state index in [2.05, 4.69) is 9.97 Å². The summed E-state index contributed by atoms with van der Waals surface area (Å²) in [4.78, 5) is 27.1. The molecule has 0 saturated heterocycles. The topological polar surface area (TPSA) is 118 Å². The molecule has 27 heavy (non-hydrogen) atoms. The number of H-pyrrole nitrogens is 1. The van der Waals surface area contributed by atoms with Gasteiger partial charge in [-0.15, -0.1) is 0 Å². The van der Waals surface area contributed by atoms with Gasteiger partial charge in [0.1, 0.15) is 18.2 Å². The van der Waals surface area contributed by atoms with E-state index in [-0.39, 0.29) is 5.82 Å². The van der Waals surface area contributed by atoms with Crippen molar-refractivity contribution in [3.63, 3.8) is 0 Å². The molecule has 136 valence electrons. The number of nitro groups is 1. The molecular formula is C19H15N3O5. The Kier molecular flexibility index (Phi) is 5.27. The fourth-order valence-electron chi connectivity index (χ4n) is 2.31. The molecule has 0 atom stereocenters. The maximum atomic E-state index is 11.6. The lowest BCUT2D eigenvalue weighted by molar-refractivity contribution is -0.387. The maximum absolute atomic E-state index is 11.6. The highest BCUT2D eigenvalue weighted by molar-refractivity contribution is 5.67. The fourth-order valence-corrected chi connectivity index (χ4v) is 2.31. The predicted octanol–water partition coefficient (Wildman–Crippen LogP) is 3.13. The van der Waals surface area contributed by atoms with Crippen molar-refractivity contribution in [3.05, 3.63) is 92.0 Å². The number of nitrogens with one attached hydrogen (secondary N) is 1. The molecule has 0 amide bonds. The zero-order valence-electron chi connectivity index (χ0n) is 14.0. The van der Waals surface area contributed by atoms with Crippen LogP contribution in [0, 0.1) is 10.1 Å². The van der Waals surface area contributed by atoms with Crippen LogP contribution in [0.25, 0.3) is 12.2 Å². The van der Waals surface area contributed by atoms with Gasteiger partial charge in [0.05, 0.1) is 4.92 Å². The van der Waals surface area contributed by atoms with Crippen LogP contribution in [0.5, 0.6) is 11.6 Å². The maximum Gasteiger partial charge on any atom is 0.395 e. The van der Waals surface area contributed by atoms with Crippen molar-refractivity contribution < 1.29 is 14.8 Å². The number of hydrogen-bond acceptors (Lipinski definition) is 6. The average Bonchev–Trinajstić information content (AvgIpc) is 2.65. The van der Waals surface area contributed by atoms with Crippen molar-refractivity contribution >= 4 is 17.8 Å². The van der Waals surface area contributed by atoms with Gasteiger partial charge in [-0.2, -0.15) is 4.98 Å². The van der Waals surface area contributed by atoms with E-state index in [1.165, 1.54) is 6.08 Å². The fraction of sp³-hybridized carbons (Fsp3) is 0.0526. The van der Waals surface area contributed by atoms with Crippen LogP contribution in [-0.2, 0) is 6.61 Å². The molecule has 0 spiro atoms. The molecule has 0 fully saturated rings. The molecule has 3 aromatic rings. The molecule has 8 nitrogen and oxygen atoms in total. The van der Waals surface area contributed by atoms with Gasteiger partial charge in [-0.1, -0.05) is 48.5 Å². The minimum Gasteiger partial charge on any atom is -0.489 e. The van der Waals surface area contributed by atoms with Gasteiger partial charge in [0.15, 0.2) is 0 Å². The second-order valence-corrected chi connectivity index (χ2v) is 5.56. The Morgan fingerprint density at radius 2 is 1.81 bits per heavy atom. The molecule has 0 saturated carbocycles. The number of aromatic amines is 1. The predicted molar refractivity (Wildman–Crippen MR) is 99.3 cm³/mol. The molecule has 1 aromatic heterocycles. The standard InChI is InChI=1S/C19H15N3O5/c23-18-17(22(25)26)19(24)21-16(20-18)11-8-13-6-9-15(10-7-13)27-12-14-4-2-1-3-5-14/h1-11H,12H2,(H2,20,21,23,24). The quantitative estimate of drug-likeness (QED) is 0.512. The molecule has 8 heteroatoms. The van der Waals surface area contributed by atoms with Crippen molar-refractivity contribution in [1.29, 1.82) is 0 Å². The van der Waals surface area contributed by atoms with E-state index in [1.54, 1.807) is 30.3 Å². The summed E-state index contributed by atoms with van der Waals surface area (Å²) in [6, 6.07) is 17.0. The number of aromatic nitrogens is 2. The SMILES string of the molecule is O=c1[nH]c(C=Cc2ccc(OCc3ccccc3)cc2)nc(O)c1[N+](=O)[O-]. The molecule has 2 N–H and O–H groups in total. The van der Waals surface area contributed by atoms with E-state index in [9.17, 15) is 20.0 Å². The minimum absolute atomic E-state index is 0.00695. The van der Waals surface area contributed by atoms with Crippen LogP contribution in [-0.4, -0.2) is 20.0 Å². The zero-order valence-corrected chi connectivity index (χ0v) is 14.0. The number of nitrogens with zero attached hydrogens (tertiary/aromatic N) is 2. The van der Waals surface area contributed by atoms with Crippen molar-refractivity contribution in [3.8, 4) is 11.6 Å². The first-order valence-electron chi connectivity index (χ1n) is 7.95. The zero-order chi connectivity index (χ0) is 19.2. The van der Waals surface area contributed by atoms with Gasteiger partial charge in [0.2, 0.25) is 0 Å². The van der Waals surface area contributed by atoms with Gasteiger partial charge in [-0.05, 0) is 29.3 Å². The van der Waals surface area contributed by atoms with Crippen molar-refractivity contribution in [2.75, 3.05) is 0 Å². The van der Waals surface area contributed by atoms with Gasteiger partial charge in [0.25, 0.3) is 5.88 Å². The molecule has 0 unspecified atom stereocenters. The van der Waals surface area contributed by atoms with Crippen LogP contribution < -0.4 is 10.3 Å². The monoisotopic (exact) mass is 365 g/mol. The van der Waals surface area contributed by atoms with Gasteiger partial charge in [0, 0.05) is 0 Å². The van der Waals surface area contributed by atoms with Crippen molar-refractivity contribution in [2.24, 2.45) is 0 Å². The molecule has 0 aliphatic carbocycles. The lowest BCUT2D eigenvalue weighted by Gasteiger charge is -2.06. The van der Waals surface area contributed by atoms with Crippen LogP contribution in [0.1, 0.15) is 17.0 Å². The molecule has 2 aromatic carbocycles. The number of benzene rings is 2. The highest BCUT2D eigenvalue weighted by Crippen LogP contribution is 2.18. The Bertz CT molecular complexity index is 1030. The molecule has 0 aliphatic rings. The first kappa shape index (κ1) is 17.9. The normalized spacial score (nSPS) is 10.8. The molecule has 3 rings (SSSR count). The lowest BCUT2D eigenvalue weighted by Crippen LogP contribution is -2.14. The van der Waals surface area contributed by atoms with E-state index in [0.29, 0.717) is 12.4 Å². The van der Waals surface area contributed by atoms with Gasteiger partial charge in [-0.25, -0.2) is 0 Å². The first-order valence-corrected chi connectivity index (χ1v) is 7.95. The van der Waals surface area contributed by atoms with E-state index in [4.69, 9.17) is 4.74 Å². The molecular weight excluding hydrogens is 350 g/mol. The number of hydrogen-bond donors (Lipinski definition) is 2. The van der Waals surface area contributed by atoms with E-state index >= 15 is 0 Å². The summed E-state index contributed by atoms with van der Waals surface area (Å²) in [5.74, 6) is -0.212. The molecule has 1 heterocycles. The Labute approximate surface area is 153 Å². The second kappa shape index (κ2) is 7.96. The summed E-state index contributed by atoms with van der Waals surface area (Å²) in [5.41, 5.74) is -0.138. The Hall–Kier alpha value is -3.94. The van der Waals surface area contributed by atoms with Crippen molar-refractivity contribution in [1.82, 2.24) is 9.97 Å². The summed E-state index contributed by atoms with van der Waals surface area (Å²) in [6.07, 6.45) is 3.08. The van der Waals surface area contributed by atoms with Crippen LogP contribution >= 0.6 is 0 Å². The third kappa shape index (κ3) is 4.57. The Morgan fingerprint density at radius 3 is 2.44 bits per heavy atom. The highest BCUT2D eigenvalue weighted by Gasteiger charge is 2.21. The second-order valence-electron chi connectivity index (χ2n) is 5.56. The number of aromatic hydroxyl groups is 1. The Morgan fingerprint density at radius 1 is 1.11 bits per heavy atom. The van der Waals surface area contributed by atoms with Crippen LogP contribution in [0.3, 0.4) is 0 Å². The summed E-state index contributed by atoms with van der Waals surface area (Å²) < 4.78 is 5.70. The third-order valence-electron chi connectivity index (χ3n) is 3.64. The Balaban J connectivity index is 1.67. The lowest BCUT2D eigenvalue weighted by atomic mass is 10.2. The van der Waals surface area contributed by atoms with E-state index in [0.717, 1.165) is 11.1 Å². The van der Waals surface area contributed by atoms with Gasteiger partial charge >= 0.3 is 11.2 Å². The summed E-state index contributed by atoms with van der Waals surface area (Å²) in [6.45, 7) is 0.462. The third-order valence-corrected chi connectivity index (χ3v) is 3.64. The van der Waals surface area contributed by atoms with Gasteiger partial charge < -0.3 is 14.8 Å². The van der Waals surface area contributed by atoms with Crippen LogP contribution in [0.2, 0.25) is 0 Å². The number of ether oxygens (including phenoxy) is 1. The van der Waals surface area contributed by atoms with E-state index in [1.807, 2.05) is 30.3 Å². The minimum atomic E-state index is -1.02. The summed E-state index contributed by atoms with van der Waals surface area (Å²) in [5, 5.41) is 20.2. The largest absolute Gasteiger partial charge is 0.489 e. The van der Waals surface area contributed by atoms with E-state index < -0.39 is 22.0 Å². The first-order chi connectivity index (χ1) is 13.0. The van der Waals surface area contributed by atoms with Crippen molar-refractivity contribution in [2.45, 2.75) is 6.61 Å². The van der Waals surface area contributed by atoms with Gasteiger partial charge in [-0.3, -0.25) is 14.9 Å². The molecule has 0 radical (unpaired) electrons. The highest BCUT2D eigenvalue weighted by atomic mass is 16.6.